The van der Waals surface area contributed by atoms with Crippen molar-refractivity contribution in [2.24, 2.45) is 0 Å². The van der Waals surface area contributed by atoms with Gasteiger partial charge < -0.3 is 26.6 Å². The quantitative estimate of drug-likeness (QED) is 0.633. The molecule has 0 saturated carbocycles. The van der Waals surface area contributed by atoms with Crippen LogP contribution in [0.15, 0.2) is 18.2 Å². The van der Waals surface area contributed by atoms with Gasteiger partial charge >= 0.3 is 17.6 Å². The molecule has 1 rings (SSSR count). The zero-order valence-electron chi connectivity index (χ0n) is 13.7. The average molecular weight is 333 g/mol. The van der Waals surface area contributed by atoms with Gasteiger partial charge in [-0.2, -0.15) is 0 Å². The van der Waals surface area contributed by atoms with Crippen LogP contribution in [0.2, 0.25) is 0 Å². The fraction of sp³-hybridized carbons (Fsp3) is 0.538. The van der Waals surface area contributed by atoms with E-state index in [1.165, 1.54) is 0 Å². The molecule has 0 bridgehead atoms. The maximum Gasteiger partial charge on any atom is 0.536 e. The summed E-state index contributed by atoms with van der Waals surface area (Å²) in [6, 6.07) is 5.82. The summed E-state index contributed by atoms with van der Waals surface area (Å²) in [6.45, 7) is 1.98. The van der Waals surface area contributed by atoms with Gasteiger partial charge in [0.25, 0.3) is 0 Å². The summed E-state index contributed by atoms with van der Waals surface area (Å²) in [5.74, 6) is 0. The Balaban J connectivity index is 3.46. The molecule has 0 heterocycles. The average Bonchev–Trinajstić information content (AvgIpc) is 2.54. The number of benzene rings is 1. The Morgan fingerprint density at radius 1 is 0.667 bits per heavy atom. The summed E-state index contributed by atoms with van der Waals surface area (Å²) in [4.78, 5) is 0. The zero-order valence-corrected chi connectivity index (χ0v) is 15.7. The Labute approximate surface area is 128 Å². The second-order valence-corrected chi connectivity index (χ2v) is 10.2. The maximum atomic E-state index is 5.56. The van der Waals surface area contributed by atoms with Crippen LogP contribution in [-0.4, -0.2) is 60.3 Å². The first kappa shape index (κ1) is 18.5. The Morgan fingerprint density at radius 2 is 1.10 bits per heavy atom. The van der Waals surface area contributed by atoms with Crippen molar-refractivity contribution in [1.29, 1.82) is 0 Å². The molecule has 0 saturated heterocycles. The number of rotatable bonds is 8. The highest BCUT2D eigenvalue weighted by molar-refractivity contribution is 6.78. The molecular weight excluding hydrogens is 308 g/mol. The normalized spacial score (nSPS) is 12.7. The van der Waals surface area contributed by atoms with Crippen molar-refractivity contribution in [1.82, 2.24) is 0 Å². The zero-order chi connectivity index (χ0) is 16.1. The van der Waals surface area contributed by atoms with E-state index in [-0.39, 0.29) is 0 Å². The van der Waals surface area contributed by atoms with E-state index in [0.717, 1.165) is 15.9 Å². The van der Waals surface area contributed by atoms with Gasteiger partial charge in [-0.1, -0.05) is 12.1 Å². The molecule has 1 aromatic carbocycles. The molecule has 0 aliphatic rings. The summed E-state index contributed by atoms with van der Waals surface area (Å²) in [5.41, 5.74) is 1.02. The van der Waals surface area contributed by atoms with Crippen molar-refractivity contribution in [3.8, 4) is 0 Å². The van der Waals surface area contributed by atoms with Crippen molar-refractivity contribution in [2.45, 2.75) is 6.92 Å². The summed E-state index contributed by atoms with van der Waals surface area (Å²) in [6.07, 6.45) is 0. The van der Waals surface area contributed by atoms with Crippen LogP contribution >= 0.6 is 0 Å². The molecule has 1 aromatic rings. The van der Waals surface area contributed by atoms with Gasteiger partial charge in [0.1, 0.15) is 0 Å². The number of hydrogen-bond donors (Lipinski definition) is 0. The minimum Gasteiger partial charge on any atom is -0.373 e. The van der Waals surface area contributed by atoms with Crippen LogP contribution in [0.5, 0.6) is 0 Å². The Morgan fingerprint density at radius 3 is 1.48 bits per heavy atom. The molecule has 8 heteroatoms. The molecule has 0 N–H and O–H groups in total. The lowest BCUT2D eigenvalue weighted by Crippen LogP contribution is -2.60. The molecule has 0 spiro atoms. The third kappa shape index (κ3) is 3.27. The third-order valence-corrected chi connectivity index (χ3v) is 8.97. The molecule has 0 radical (unpaired) electrons. The van der Waals surface area contributed by atoms with Gasteiger partial charge in [-0.3, -0.25) is 0 Å². The van der Waals surface area contributed by atoms with E-state index < -0.39 is 17.6 Å². The van der Waals surface area contributed by atoms with Gasteiger partial charge in [-0.25, -0.2) is 0 Å². The highest BCUT2D eigenvalue weighted by Crippen LogP contribution is 2.12. The lowest BCUT2D eigenvalue weighted by molar-refractivity contribution is 0.139. The minimum absolute atomic E-state index is 0.832. The smallest absolute Gasteiger partial charge is 0.373 e. The molecule has 6 nitrogen and oxygen atoms in total. The summed E-state index contributed by atoms with van der Waals surface area (Å²) in [7, 11) is 3.63. The monoisotopic (exact) mass is 332 g/mol. The van der Waals surface area contributed by atoms with Crippen LogP contribution in [0.3, 0.4) is 0 Å². The first-order valence-electron chi connectivity index (χ1n) is 6.41. The van der Waals surface area contributed by atoms with Gasteiger partial charge in [-0.05, 0) is 18.6 Å². The van der Waals surface area contributed by atoms with E-state index in [1.807, 2.05) is 25.1 Å². The third-order valence-electron chi connectivity index (χ3n) is 3.53. The fourth-order valence-corrected chi connectivity index (χ4v) is 6.34. The number of hydrogen-bond acceptors (Lipinski definition) is 6. The van der Waals surface area contributed by atoms with E-state index in [0.29, 0.717) is 0 Å². The first-order valence-corrected chi connectivity index (χ1v) is 9.86. The standard InChI is InChI=1S/C13H24O6Si2/c1-11-8-9-12(20(14-2,15-3)16-4)10-13(11)21(17-5,18-6)19-7/h8-10H,1-7H3. The van der Waals surface area contributed by atoms with Crippen molar-refractivity contribution in [2.75, 3.05) is 42.7 Å². The summed E-state index contributed by atoms with van der Waals surface area (Å²) < 4.78 is 33.2. The lowest BCUT2D eigenvalue weighted by Gasteiger charge is -2.29. The minimum atomic E-state index is -2.93. The predicted octanol–water partition coefficient (Wildman–Crippen LogP) is 0.165. The lowest BCUT2D eigenvalue weighted by atomic mass is 10.2. The predicted molar refractivity (Wildman–Crippen MR) is 84.0 cm³/mol. The number of aryl methyl sites for hydroxylation is 1. The van der Waals surface area contributed by atoms with E-state index in [2.05, 4.69) is 0 Å². The van der Waals surface area contributed by atoms with Crippen LogP contribution in [0.4, 0.5) is 0 Å². The Kier molecular flexibility index (Phi) is 6.69. The summed E-state index contributed by atoms with van der Waals surface area (Å²) in [5, 5.41) is 1.70. The van der Waals surface area contributed by atoms with E-state index in [4.69, 9.17) is 26.6 Å². The van der Waals surface area contributed by atoms with Gasteiger partial charge in [0, 0.05) is 53.0 Å². The van der Waals surface area contributed by atoms with E-state index >= 15 is 0 Å². The summed E-state index contributed by atoms with van der Waals surface area (Å²) >= 11 is 0. The molecule has 0 aliphatic heterocycles. The largest absolute Gasteiger partial charge is 0.536 e. The second-order valence-electron chi connectivity index (χ2n) is 4.37. The molecule has 0 aromatic heterocycles. The van der Waals surface area contributed by atoms with Crippen molar-refractivity contribution in [3.63, 3.8) is 0 Å². The van der Waals surface area contributed by atoms with Crippen LogP contribution < -0.4 is 10.4 Å². The van der Waals surface area contributed by atoms with Gasteiger partial charge in [-0.15, -0.1) is 0 Å². The fourth-order valence-electron chi connectivity index (χ4n) is 2.33. The molecule has 0 unspecified atom stereocenters. The van der Waals surface area contributed by atoms with Gasteiger partial charge in [0.05, 0.1) is 0 Å². The first-order chi connectivity index (χ1) is 9.98. The molecule has 0 fully saturated rings. The molecule has 0 atom stereocenters. The van der Waals surface area contributed by atoms with Gasteiger partial charge in [0.2, 0.25) is 0 Å². The molecule has 120 valence electrons. The van der Waals surface area contributed by atoms with Crippen molar-refractivity contribution >= 4 is 28.0 Å². The Bertz CT molecular complexity index is 443. The SMILES string of the molecule is CO[Si](OC)(OC)c1ccc(C)c([Si](OC)(OC)OC)c1. The highest BCUT2D eigenvalue weighted by Gasteiger charge is 2.46. The maximum absolute atomic E-state index is 5.56. The highest BCUT2D eigenvalue weighted by atomic mass is 28.4. The van der Waals surface area contributed by atoms with E-state index in [1.54, 1.807) is 42.7 Å². The molecule has 0 amide bonds. The van der Waals surface area contributed by atoms with Crippen LogP contribution in [0.1, 0.15) is 5.56 Å². The van der Waals surface area contributed by atoms with Crippen LogP contribution in [-0.2, 0) is 26.6 Å². The van der Waals surface area contributed by atoms with Crippen molar-refractivity contribution < 1.29 is 26.6 Å². The van der Waals surface area contributed by atoms with Crippen LogP contribution in [0.25, 0.3) is 0 Å². The van der Waals surface area contributed by atoms with Gasteiger partial charge in [0.15, 0.2) is 0 Å². The topological polar surface area (TPSA) is 55.4 Å². The Hall–Kier alpha value is -0.586. The van der Waals surface area contributed by atoms with E-state index in [9.17, 15) is 0 Å². The van der Waals surface area contributed by atoms with Crippen molar-refractivity contribution in [3.05, 3.63) is 23.8 Å². The van der Waals surface area contributed by atoms with Crippen LogP contribution in [0, 0.1) is 6.92 Å². The molecular formula is C13H24O6Si2. The molecule has 21 heavy (non-hydrogen) atoms. The molecule has 0 aliphatic carbocycles. The second kappa shape index (κ2) is 7.61.